The van der Waals surface area contributed by atoms with Crippen LogP contribution in [-0.4, -0.2) is 17.2 Å². The Bertz CT molecular complexity index is 222. The fraction of sp³-hybridized carbons (Fsp3) is 0.143. The molecule has 0 radical (unpaired) electrons. The van der Waals surface area contributed by atoms with Crippen LogP contribution in [-0.2, 0) is 0 Å². The molecule has 0 aliphatic carbocycles. The number of hydrogen-bond acceptors (Lipinski definition) is 3. The smallest absolute Gasteiger partial charge is 0.406 e. The third-order valence-corrected chi connectivity index (χ3v) is 1.24. The van der Waals surface area contributed by atoms with E-state index in [1.807, 2.05) is 0 Å². The SMILES string of the molecule is CB(O)Nc1ccc(O)cc1. The van der Waals surface area contributed by atoms with E-state index in [2.05, 4.69) is 5.23 Å². The molecule has 1 aromatic carbocycles. The summed E-state index contributed by atoms with van der Waals surface area (Å²) in [5.74, 6) is 0.223. The summed E-state index contributed by atoms with van der Waals surface area (Å²) in [5, 5.41) is 20.6. The lowest BCUT2D eigenvalue weighted by Gasteiger charge is -2.04. The predicted molar refractivity (Wildman–Crippen MR) is 45.6 cm³/mol. The fourth-order valence-corrected chi connectivity index (χ4v) is 0.799. The molecule has 0 saturated carbocycles. The van der Waals surface area contributed by atoms with Gasteiger partial charge in [-0.2, -0.15) is 0 Å². The lowest BCUT2D eigenvalue weighted by Crippen LogP contribution is -2.19. The van der Waals surface area contributed by atoms with Crippen molar-refractivity contribution in [2.75, 3.05) is 5.23 Å². The first kappa shape index (κ1) is 7.95. The minimum atomic E-state index is -0.570. The number of anilines is 1. The van der Waals surface area contributed by atoms with Crippen molar-refractivity contribution in [1.82, 2.24) is 0 Å². The molecule has 0 atom stereocenters. The van der Waals surface area contributed by atoms with Crippen molar-refractivity contribution in [3.63, 3.8) is 0 Å². The highest BCUT2D eigenvalue weighted by molar-refractivity contribution is 6.52. The van der Waals surface area contributed by atoms with E-state index >= 15 is 0 Å². The monoisotopic (exact) mass is 151 g/mol. The van der Waals surface area contributed by atoms with Gasteiger partial charge in [0, 0.05) is 5.69 Å². The summed E-state index contributed by atoms with van der Waals surface area (Å²) in [6.07, 6.45) is 0. The van der Waals surface area contributed by atoms with Crippen molar-refractivity contribution in [2.45, 2.75) is 6.82 Å². The number of aromatic hydroxyl groups is 1. The maximum Gasteiger partial charge on any atom is 0.406 e. The molecule has 0 aliphatic heterocycles. The molecular formula is C7H10BNO2. The molecule has 0 bridgehead atoms. The van der Waals surface area contributed by atoms with Crippen LogP contribution in [0.25, 0.3) is 0 Å². The number of phenolic OH excluding ortho intramolecular Hbond substituents is 1. The maximum absolute atomic E-state index is 8.90. The molecule has 11 heavy (non-hydrogen) atoms. The van der Waals surface area contributed by atoms with E-state index in [1.165, 1.54) is 0 Å². The Morgan fingerprint density at radius 2 is 1.82 bits per heavy atom. The molecule has 0 fully saturated rings. The molecule has 4 heteroatoms. The second-order valence-electron chi connectivity index (χ2n) is 2.37. The molecular weight excluding hydrogens is 141 g/mol. The number of benzene rings is 1. The van der Waals surface area contributed by atoms with Gasteiger partial charge in [-0.3, -0.25) is 0 Å². The summed E-state index contributed by atoms with van der Waals surface area (Å²) in [4.78, 5) is 0. The maximum atomic E-state index is 8.90. The molecule has 0 saturated heterocycles. The van der Waals surface area contributed by atoms with Crippen LogP contribution in [0.1, 0.15) is 0 Å². The third-order valence-electron chi connectivity index (χ3n) is 1.24. The highest BCUT2D eigenvalue weighted by atomic mass is 16.3. The van der Waals surface area contributed by atoms with Gasteiger partial charge in [-0.25, -0.2) is 0 Å². The van der Waals surface area contributed by atoms with Crippen LogP contribution in [0.3, 0.4) is 0 Å². The number of phenols is 1. The van der Waals surface area contributed by atoms with Crippen molar-refractivity contribution in [3.8, 4) is 5.75 Å². The third kappa shape index (κ3) is 2.51. The zero-order chi connectivity index (χ0) is 8.27. The molecule has 0 amide bonds. The van der Waals surface area contributed by atoms with Gasteiger partial charge in [0.1, 0.15) is 5.75 Å². The molecule has 3 nitrogen and oxygen atoms in total. The molecule has 58 valence electrons. The topological polar surface area (TPSA) is 52.5 Å². The van der Waals surface area contributed by atoms with Gasteiger partial charge in [0.05, 0.1) is 0 Å². The molecule has 1 aromatic rings. The Hall–Kier alpha value is -1.16. The van der Waals surface area contributed by atoms with Crippen LogP contribution in [0.2, 0.25) is 6.82 Å². The summed E-state index contributed by atoms with van der Waals surface area (Å²) < 4.78 is 0. The van der Waals surface area contributed by atoms with E-state index in [1.54, 1.807) is 31.1 Å². The normalized spacial score (nSPS) is 9.27. The predicted octanol–water partition coefficient (Wildman–Crippen LogP) is 0.914. The highest BCUT2D eigenvalue weighted by Crippen LogP contribution is 2.13. The number of rotatable bonds is 2. The Morgan fingerprint density at radius 3 is 2.27 bits per heavy atom. The molecule has 0 spiro atoms. The quantitative estimate of drug-likeness (QED) is 0.435. The summed E-state index contributed by atoms with van der Waals surface area (Å²) in [6.45, 7) is 1.63. The molecule has 0 unspecified atom stereocenters. The van der Waals surface area contributed by atoms with Crippen LogP contribution in [0.15, 0.2) is 24.3 Å². The first-order valence-electron chi connectivity index (χ1n) is 3.42. The van der Waals surface area contributed by atoms with Gasteiger partial charge < -0.3 is 15.4 Å². The van der Waals surface area contributed by atoms with E-state index in [9.17, 15) is 0 Å². The summed E-state index contributed by atoms with van der Waals surface area (Å²) in [7, 11) is -0.570. The van der Waals surface area contributed by atoms with Crippen molar-refractivity contribution in [1.29, 1.82) is 0 Å². The van der Waals surface area contributed by atoms with Gasteiger partial charge in [-0.15, -0.1) is 0 Å². The Labute approximate surface area is 65.8 Å². The highest BCUT2D eigenvalue weighted by Gasteiger charge is 2.00. The van der Waals surface area contributed by atoms with Crippen molar-refractivity contribution >= 4 is 12.7 Å². The zero-order valence-electron chi connectivity index (χ0n) is 6.28. The van der Waals surface area contributed by atoms with Crippen LogP contribution in [0.5, 0.6) is 5.75 Å². The van der Waals surface area contributed by atoms with Crippen LogP contribution in [0, 0.1) is 0 Å². The van der Waals surface area contributed by atoms with Gasteiger partial charge in [-0.05, 0) is 31.1 Å². The van der Waals surface area contributed by atoms with E-state index in [4.69, 9.17) is 10.1 Å². The van der Waals surface area contributed by atoms with E-state index in [0.717, 1.165) is 5.69 Å². The molecule has 0 aliphatic rings. The van der Waals surface area contributed by atoms with E-state index < -0.39 is 7.05 Å². The Morgan fingerprint density at radius 1 is 1.27 bits per heavy atom. The Balaban J connectivity index is 2.66. The Kier molecular flexibility index (Phi) is 2.38. The summed E-state index contributed by atoms with van der Waals surface area (Å²) in [5.41, 5.74) is 0.790. The lowest BCUT2D eigenvalue weighted by molar-refractivity contribution is 0.475. The van der Waals surface area contributed by atoms with Crippen molar-refractivity contribution < 1.29 is 10.1 Å². The first-order chi connectivity index (χ1) is 5.18. The largest absolute Gasteiger partial charge is 0.508 e. The van der Waals surface area contributed by atoms with Gasteiger partial charge >= 0.3 is 7.05 Å². The summed E-state index contributed by atoms with van der Waals surface area (Å²) in [6, 6.07) is 6.51. The van der Waals surface area contributed by atoms with Crippen LogP contribution >= 0.6 is 0 Å². The molecule has 0 heterocycles. The lowest BCUT2D eigenvalue weighted by atomic mass is 9.88. The fourth-order valence-electron chi connectivity index (χ4n) is 0.799. The number of nitrogens with one attached hydrogen (secondary N) is 1. The average molecular weight is 151 g/mol. The number of hydrogen-bond donors (Lipinski definition) is 3. The second kappa shape index (κ2) is 3.30. The first-order valence-corrected chi connectivity index (χ1v) is 3.42. The minimum absolute atomic E-state index is 0.223. The average Bonchev–Trinajstić information content (AvgIpc) is 1.93. The van der Waals surface area contributed by atoms with Gasteiger partial charge in [0.25, 0.3) is 0 Å². The molecule has 3 N–H and O–H groups in total. The molecule has 1 rings (SSSR count). The van der Waals surface area contributed by atoms with Gasteiger partial charge in [-0.1, -0.05) is 0 Å². The second-order valence-corrected chi connectivity index (χ2v) is 2.37. The zero-order valence-corrected chi connectivity index (χ0v) is 6.28. The van der Waals surface area contributed by atoms with Crippen molar-refractivity contribution in [3.05, 3.63) is 24.3 Å². The van der Waals surface area contributed by atoms with E-state index in [-0.39, 0.29) is 5.75 Å². The van der Waals surface area contributed by atoms with Crippen molar-refractivity contribution in [2.24, 2.45) is 0 Å². The van der Waals surface area contributed by atoms with Gasteiger partial charge in [0.2, 0.25) is 0 Å². The van der Waals surface area contributed by atoms with Crippen LogP contribution in [0.4, 0.5) is 5.69 Å². The minimum Gasteiger partial charge on any atom is -0.508 e. The van der Waals surface area contributed by atoms with Gasteiger partial charge in [0.15, 0.2) is 0 Å². The van der Waals surface area contributed by atoms with Crippen LogP contribution < -0.4 is 5.23 Å². The van der Waals surface area contributed by atoms with E-state index in [0.29, 0.717) is 0 Å². The summed E-state index contributed by atoms with van der Waals surface area (Å²) >= 11 is 0. The molecule has 0 aromatic heterocycles. The standard InChI is InChI=1S/C7H10BNO2/c1-8(11)9-6-2-4-7(10)5-3-6/h2-5,9-11H,1H3.